The summed E-state index contributed by atoms with van der Waals surface area (Å²) < 4.78 is 16.1. The summed E-state index contributed by atoms with van der Waals surface area (Å²) in [5.74, 6) is -0.157. The van der Waals surface area contributed by atoms with Gasteiger partial charge in [0.15, 0.2) is 0 Å². The maximum absolute atomic E-state index is 14.0. The third kappa shape index (κ3) is 4.93. The number of benzene rings is 1. The van der Waals surface area contributed by atoms with E-state index in [0.29, 0.717) is 24.7 Å². The van der Waals surface area contributed by atoms with Gasteiger partial charge in [-0.15, -0.1) is 0 Å². The Morgan fingerprint density at radius 3 is 2.64 bits per heavy atom. The third-order valence-corrected chi connectivity index (χ3v) is 5.18. The summed E-state index contributed by atoms with van der Waals surface area (Å²) in [5.41, 5.74) is 1.88. The predicted octanol–water partition coefficient (Wildman–Crippen LogP) is 4.19. The van der Waals surface area contributed by atoms with Crippen molar-refractivity contribution in [2.45, 2.75) is 64.3 Å². The van der Waals surface area contributed by atoms with Crippen molar-refractivity contribution in [2.24, 2.45) is 0 Å². The largest absolute Gasteiger partial charge is 0.392 e. The van der Waals surface area contributed by atoms with E-state index in [1.54, 1.807) is 6.07 Å². The number of nitrogens with zero attached hydrogens (tertiary/aromatic N) is 2. The van der Waals surface area contributed by atoms with Crippen LogP contribution < -0.4 is 0 Å². The molecule has 3 rings (SSSR count). The summed E-state index contributed by atoms with van der Waals surface area (Å²) in [4.78, 5) is 2.41. The van der Waals surface area contributed by atoms with Crippen LogP contribution in [0.3, 0.4) is 0 Å². The van der Waals surface area contributed by atoms with Crippen LogP contribution in [-0.2, 0) is 13.1 Å². The zero-order valence-electron chi connectivity index (χ0n) is 15.1. The minimum atomic E-state index is -0.336. The van der Waals surface area contributed by atoms with Gasteiger partial charge in [-0.2, -0.15) is 0 Å². The molecule has 1 aliphatic rings. The standard InChI is InChI=1S/C21H29FN2O/c1-17(25)14-24(19-9-3-2-4-10-19)16-20-11-7-13-23(20)15-18-8-5-6-12-21(18)22/h5-8,11-13,17,19,25H,2-4,9-10,14-16H2,1H3. The molecule has 0 saturated heterocycles. The van der Waals surface area contributed by atoms with E-state index in [9.17, 15) is 9.50 Å². The molecule has 1 fully saturated rings. The molecule has 0 bridgehead atoms. The average Bonchev–Trinajstić information content (AvgIpc) is 3.04. The fourth-order valence-corrected chi connectivity index (χ4v) is 3.89. The van der Waals surface area contributed by atoms with Gasteiger partial charge in [-0.1, -0.05) is 37.5 Å². The van der Waals surface area contributed by atoms with E-state index in [0.717, 1.165) is 6.54 Å². The zero-order chi connectivity index (χ0) is 17.6. The smallest absolute Gasteiger partial charge is 0.128 e. The Labute approximate surface area is 150 Å². The quantitative estimate of drug-likeness (QED) is 0.816. The first-order valence-electron chi connectivity index (χ1n) is 9.43. The topological polar surface area (TPSA) is 28.4 Å². The van der Waals surface area contributed by atoms with Crippen LogP contribution in [-0.4, -0.2) is 33.3 Å². The molecule has 1 heterocycles. The summed E-state index contributed by atoms with van der Waals surface area (Å²) in [6.45, 7) is 3.89. The van der Waals surface area contributed by atoms with Crippen molar-refractivity contribution in [3.63, 3.8) is 0 Å². The van der Waals surface area contributed by atoms with Crippen molar-refractivity contribution in [3.05, 3.63) is 59.7 Å². The van der Waals surface area contributed by atoms with E-state index in [-0.39, 0.29) is 11.9 Å². The molecular weight excluding hydrogens is 315 g/mol. The van der Waals surface area contributed by atoms with E-state index in [2.05, 4.69) is 15.5 Å². The number of rotatable bonds is 7. The SMILES string of the molecule is CC(O)CN(Cc1cccn1Cc1ccccc1F)C1CCCCC1. The van der Waals surface area contributed by atoms with Gasteiger partial charge < -0.3 is 9.67 Å². The van der Waals surface area contributed by atoms with Crippen molar-refractivity contribution in [1.29, 1.82) is 0 Å². The Hall–Kier alpha value is -1.65. The molecule has 3 nitrogen and oxygen atoms in total. The number of aliphatic hydroxyl groups excluding tert-OH is 1. The molecule has 1 atom stereocenters. The molecule has 1 aromatic carbocycles. The van der Waals surface area contributed by atoms with Gasteiger partial charge in [0, 0.05) is 36.6 Å². The van der Waals surface area contributed by atoms with Crippen LogP contribution >= 0.6 is 0 Å². The van der Waals surface area contributed by atoms with Crippen molar-refractivity contribution >= 4 is 0 Å². The minimum absolute atomic E-state index is 0.157. The van der Waals surface area contributed by atoms with Crippen LogP contribution in [0.2, 0.25) is 0 Å². The third-order valence-electron chi connectivity index (χ3n) is 5.18. The Morgan fingerprint density at radius 2 is 1.92 bits per heavy atom. The lowest BCUT2D eigenvalue weighted by atomic mass is 9.94. The number of halogens is 1. The monoisotopic (exact) mass is 344 g/mol. The van der Waals surface area contributed by atoms with Crippen LogP contribution in [0.4, 0.5) is 4.39 Å². The fraction of sp³-hybridized carbons (Fsp3) is 0.524. The second-order valence-electron chi connectivity index (χ2n) is 7.29. The van der Waals surface area contributed by atoms with Gasteiger partial charge in [0.1, 0.15) is 5.82 Å². The van der Waals surface area contributed by atoms with E-state index in [1.807, 2.05) is 31.3 Å². The maximum atomic E-state index is 14.0. The molecule has 2 aromatic rings. The van der Waals surface area contributed by atoms with E-state index in [1.165, 1.54) is 43.9 Å². The van der Waals surface area contributed by atoms with Gasteiger partial charge in [0.05, 0.1) is 12.6 Å². The van der Waals surface area contributed by atoms with Crippen LogP contribution in [0, 0.1) is 5.82 Å². The van der Waals surface area contributed by atoms with Gasteiger partial charge >= 0.3 is 0 Å². The Balaban J connectivity index is 1.74. The molecule has 1 unspecified atom stereocenters. The second kappa shape index (κ2) is 8.63. The molecule has 1 saturated carbocycles. The molecule has 0 amide bonds. The van der Waals surface area contributed by atoms with Crippen LogP contribution in [0.15, 0.2) is 42.6 Å². The average molecular weight is 344 g/mol. The van der Waals surface area contributed by atoms with Crippen LogP contribution in [0.1, 0.15) is 50.3 Å². The lowest BCUT2D eigenvalue weighted by molar-refractivity contribution is 0.0752. The van der Waals surface area contributed by atoms with E-state index < -0.39 is 0 Å². The summed E-state index contributed by atoms with van der Waals surface area (Å²) in [6, 6.07) is 11.6. The van der Waals surface area contributed by atoms with Crippen molar-refractivity contribution in [3.8, 4) is 0 Å². The Bertz CT molecular complexity index is 661. The van der Waals surface area contributed by atoms with Crippen molar-refractivity contribution < 1.29 is 9.50 Å². The molecule has 1 aromatic heterocycles. The molecule has 136 valence electrons. The van der Waals surface area contributed by atoms with Crippen molar-refractivity contribution in [1.82, 2.24) is 9.47 Å². The summed E-state index contributed by atoms with van der Waals surface area (Å²) in [7, 11) is 0. The van der Waals surface area contributed by atoms with Gasteiger partial charge in [0.25, 0.3) is 0 Å². The highest BCUT2D eigenvalue weighted by molar-refractivity contribution is 5.19. The highest BCUT2D eigenvalue weighted by atomic mass is 19.1. The van der Waals surface area contributed by atoms with Gasteiger partial charge in [0.2, 0.25) is 0 Å². The zero-order valence-corrected chi connectivity index (χ0v) is 15.1. The van der Waals surface area contributed by atoms with Gasteiger partial charge in [-0.3, -0.25) is 4.90 Å². The summed E-state index contributed by atoms with van der Waals surface area (Å²) >= 11 is 0. The molecule has 4 heteroatoms. The lowest BCUT2D eigenvalue weighted by Gasteiger charge is -2.35. The maximum Gasteiger partial charge on any atom is 0.128 e. The molecule has 1 N–H and O–H groups in total. The van der Waals surface area contributed by atoms with Crippen LogP contribution in [0.25, 0.3) is 0 Å². The first-order chi connectivity index (χ1) is 12.1. The molecule has 25 heavy (non-hydrogen) atoms. The molecule has 1 aliphatic carbocycles. The molecular formula is C21H29FN2O. The Kier molecular flexibility index (Phi) is 6.27. The first-order valence-corrected chi connectivity index (χ1v) is 9.43. The molecule has 0 aliphatic heterocycles. The van der Waals surface area contributed by atoms with E-state index in [4.69, 9.17) is 0 Å². The van der Waals surface area contributed by atoms with Gasteiger partial charge in [-0.25, -0.2) is 4.39 Å². The Morgan fingerprint density at radius 1 is 1.16 bits per heavy atom. The highest BCUT2D eigenvalue weighted by Gasteiger charge is 2.23. The number of aliphatic hydroxyl groups is 1. The number of hydrogen-bond acceptors (Lipinski definition) is 2. The van der Waals surface area contributed by atoms with E-state index >= 15 is 0 Å². The highest BCUT2D eigenvalue weighted by Crippen LogP contribution is 2.24. The number of aromatic nitrogens is 1. The predicted molar refractivity (Wildman–Crippen MR) is 98.9 cm³/mol. The first kappa shape index (κ1) is 18.2. The van der Waals surface area contributed by atoms with Gasteiger partial charge in [-0.05, 0) is 38.0 Å². The molecule has 0 spiro atoms. The van der Waals surface area contributed by atoms with Crippen LogP contribution in [0.5, 0.6) is 0 Å². The summed E-state index contributed by atoms with van der Waals surface area (Å²) in [6.07, 6.45) is 7.97. The second-order valence-corrected chi connectivity index (χ2v) is 7.29. The number of hydrogen-bond donors (Lipinski definition) is 1. The normalized spacial score (nSPS) is 17.1. The lowest BCUT2D eigenvalue weighted by Crippen LogP contribution is -2.40. The summed E-state index contributed by atoms with van der Waals surface area (Å²) in [5, 5.41) is 9.92. The minimum Gasteiger partial charge on any atom is -0.392 e. The molecule has 0 radical (unpaired) electrons. The fourth-order valence-electron chi connectivity index (χ4n) is 3.89. The van der Waals surface area contributed by atoms with Crippen molar-refractivity contribution in [2.75, 3.05) is 6.54 Å².